The lowest BCUT2D eigenvalue weighted by molar-refractivity contribution is 0.245. The first-order valence-corrected chi connectivity index (χ1v) is 11.8. The van der Waals surface area contributed by atoms with Crippen LogP contribution in [0, 0.1) is 13.8 Å². The van der Waals surface area contributed by atoms with E-state index in [1.165, 1.54) is 0 Å². The first-order valence-electron chi connectivity index (χ1n) is 8.77. The van der Waals surface area contributed by atoms with Crippen molar-refractivity contribution in [2.24, 2.45) is 0 Å². The molecular weight excluding hydrogens is 436 g/mol. The molecule has 2 unspecified atom stereocenters. The van der Waals surface area contributed by atoms with E-state index in [0.29, 0.717) is 11.4 Å². The Morgan fingerprint density at radius 3 is 1.33 bits per heavy atom. The Morgan fingerprint density at radius 1 is 0.733 bits per heavy atom. The summed E-state index contributed by atoms with van der Waals surface area (Å²) in [5.74, 6) is 0. The van der Waals surface area contributed by atoms with Crippen LogP contribution in [0.3, 0.4) is 0 Å². The van der Waals surface area contributed by atoms with Crippen molar-refractivity contribution >= 4 is 31.6 Å². The Hall–Kier alpha value is -2.22. The standard InChI is InChI=1S/C18H24N2O8S2/c1-11-7-13(3-5-15(11)19-9-17(21)29(23,24)25)14-4-6-16(12(2)8-14)20-10-18(22)30(26,27)28/h3-8,17-22H,9-10H2,1-2H3,(H,23,24,25)(H,26,27,28). The van der Waals surface area contributed by atoms with E-state index in [-0.39, 0.29) is 13.1 Å². The van der Waals surface area contributed by atoms with Crippen molar-refractivity contribution in [3.63, 3.8) is 0 Å². The molecule has 6 N–H and O–H groups in total. The van der Waals surface area contributed by atoms with E-state index in [1.807, 2.05) is 12.1 Å². The lowest BCUT2D eigenvalue weighted by atomic mass is 10.00. The molecule has 0 aliphatic carbocycles. The van der Waals surface area contributed by atoms with Crippen molar-refractivity contribution in [3.05, 3.63) is 47.5 Å². The number of aliphatic hydroxyl groups is 2. The van der Waals surface area contributed by atoms with Gasteiger partial charge in [-0.05, 0) is 60.4 Å². The second-order valence-electron chi connectivity index (χ2n) is 6.76. The molecule has 0 radical (unpaired) electrons. The molecule has 10 nitrogen and oxygen atoms in total. The maximum atomic E-state index is 10.9. The van der Waals surface area contributed by atoms with E-state index < -0.39 is 31.1 Å². The van der Waals surface area contributed by atoms with Gasteiger partial charge in [-0.1, -0.05) is 12.1 Å². The Labute approximate surface area is 175 Å². The summed E-state index contributed by atoms with van der Waals surface area (Å²) in [4.78, 5) is 0. The summed E-state index contributed by atoms with van der Waals surface area (Å²) in [6, 6.07) is 10.7. The topological polar surface area (TPSA) is 173 Å². The maximum absolute atomic E-state index is 10.9. The van der Waals surface area contributed by atoms with Crippen LogP contribution in [0.15, 0.2) is 36.4 Å². The third-order valence-electron chi connectivity index (χ3n) is 4.41. The molecule has 0 aliphatic rings. The minimum absolute atomic E-state index is 0.367. The van der Waals surface area contributed by atoms with Crippen LogP contribution in [0.4, 0.5) is 11.4 Å². The number of aryl methyl sites for hydroxylation is 2. The average molecular weight is 461 g/mol. The highest BCUT2D eigenvalue weighted by atomic mass is 32.2. The van der Waals surface area contributed by atoms with Crippen LogP contribution in [0.2, 0.25) is 0 Å². The highest BCUT2D eigenvalue weighted by molar-refractivity contribution is 7.86. The highest BCUT2D eigenvalue weighted by Crippen LogP contribution is 2.28. The number of hydrogen-bond donors (Lipinski definition) is 6. The molecule has 2 atom stereocenters. The lowest BCUT2D eigenvalue weighted by Gasteiger charge is -2.15. The van der Waals surface area contributed by atoms with Gasteiger partial charge in [0.2, 0.25) is 0 Å². The smallest absolute Gasteiger partial charge is 0.293 e. The second kappa shape index (κ2) is 9.29. The average Bonchev–Trinajstić information content (AvgIpc) is 2.63. The van der Waals surface area contributed by atoms with Gasteiger partial charge in [0, 0.05) is 11.4 Å². The normalized spacial score (nSPS) is 14.2. The zero-order valence-corrected chi connectivity index (χ0v) is 17.9. The number of nitrogens with one attached hydrogen (secondary N) is 2. The fourth-order valence-corrected chi connectivity index (χ4v) is 3.28. The lowest BCUT2D eigenvalue weighted by Crippen LogP contribution is -2.28. The monoisotopic (exact) mass is 460 g/mol. The molecule has 0 bridgehead atoms. The molecular formula is C18H24N2O8S2. The summed E-state index contributed by atoms with van der Waals surface area (Å²) in [5, 5.41) is 24.3. The van der Waals surface area contributed by atoms with Crippen molar-refractivity contribution in [2.75, 3.05) is 23.7 Å². The zero-order valence-electron chi connectivity index (χ0n) is 16.3. The first-order chi connectivity index (χ1) is 13.8. The number of rotatable bonds is 9. The Bertz CT molecular complexity index is 1030. The van der Waals surface area contributed by atoms with Crippen molar-refractivity contribution in [1.82, 2.24) is 0 Å². The van der Waals surface area contributed by atoms with Gasteiger partial charge in [0.25, 0.3) is 20.2 Å². The molecule has 2 aromatic rings. The summed E-state index contributed by atoms with van der Waals surface area (Å²) in [7, 11) is -9.08. The van der Waals surface area contributed by atoms with Crippen LogP contribution < -0.4 is 10.6 Å². The van der Waals surface area contributed by atoms with Gasteiger partial charge in [-0.15, -0.1) is 0 Å². The Morgan fingerprint density at radius 2 is 1.07 bits per heavy atom. The molecule has 2 aromatic carbocycles. The minimum atomic E-state index is -4.54. The van der Waals surface area contributed by atoms with Gasteiger partial charge in [0.15, 0.2) is 10.9 Å². The predicted octanol–water partition coefficient (Wildman–Crippen LogP) is 1.21. The second-order valence-corrected chi connectivity index (χ2v) is 9.91. The molecule has 0 fully saturated rings. The number of benzene rings is 2. The molecule has 0 spiro atoms. The Balaban J connectivity index is 2.12. The third kappa shape index (κ3) is 6.39. The van der Waals surface area contributed by atoms with Gasteiger partial charge < -0.3 is 20.8 Å². The molecule has 0 amide bonds. The van der Waals surface area contributed by atoms with Gasteiger partial charge in [-0.3, -0.25) is 9.11 Å². The summed E-state index contributed by atoms with van der Waals surface area (Å²) in [5.41, 5.74) is 0.614. The van der Waals surface area contributed by atoms with E-state index in [1.54, 1.807) is 38.1 Å². The van der Waals surface area contributed by atoms with E-state index in [4.69, 9.17) is 9.11 Å². The molecule has 0 saturated heterocycles. The van der Waals surface area contributed by atoms with E-state index >= 15 is 0 Å². The van der Waals surface area contributed by atoms with Crippen molar-refractivity contribution in [2.45, 2.75) is 24.7 Å². The van der Waals surface area contributed by atoms with Gasteiger partial charge in [-0.25, -0.2) is 0 Å². The van der Waals surface area contributed by atoms with Gasteiger partial charge in [-0.2, -0.15) is 16.8 Å². The molecule has 12 heteroatoms. The molecule has 2 rings (SSSR count). The van der Waals surface area contributed by atoms with Gasteiger partial charge in [0.1, 0.15) is 0 Å². The number of aliphatic hydroxyl groups excluding tert-OH is 2. The fourth-order valence-electron chi connectivity index (χ4n) is 2.69. The van der Waals surface area contributed by atoms with E-state index in [9.17, 15) is 27.0 Å². The molecule has 0 saturated carbocycles. The predicted molar refractivity (Wildman–Crippen MR) is 113 cm³/mol. The minimum Gasteiger partial charge on any atom is -0.381 e. The van der Waals surface area contributed by atoms with Crippen LogP contribution in [-0.4, -0.2) is 60.1 Å². The van der Waals surface area contributed by atoms with Crippen molar-refractivity contribution < 1.29 is 36.2 Å². The summed E-state index contributed by atoms with van der Waals surface area (Å²) in [6.45, 7) is 2.86. The van der Waals surface area contributed by atoms with Crippen molar-refractivity contribution in [1.29, 1.82) is 0 Å². The largest absolute Gasteiger partial charge is 0.381 e. The number of anilines is 2. The zero-order chi connectivity index (χ0) is 22.7. The summed E-state index contributed by atoms with van der Waals surface area (Å²) < 4.78 is 61.1. The summed E-state index contributed by atoms with van der Waals surface area (Å²) in [6.07, 6.45) is 0. The molecule has 30 heavy (non-hydrogen) atoms. The van der Waals surface area contributed by atoms with Crippen LogP contribution in [0.1, 0.15) is 11.1 Å². The molecule has 166 valence electrons. The van der Waals surface area contributed by atoms with Crippen LogP contribution in [-0.2, 0) is 20.2 Å². The maximum Gasteiger partial charge on any atom is 0.293 e. The quantitative estimate of drug-likeness (QED) is 0.298. The van der Waals surface area contributed by atoms with Crippen LogP contribution in [0.5, 0.6) is 0 Å². The van der Waals surface area contributed by atoms with Crippen LogP contribution >= 0.6 is 0 Å². The van der Waals surface area contributed by atoms with Gasteiger partial charge in [0.05, 0.1) is 13.1 Å². The summed E-state index contributed by atoms with van der Waals surface area (Å²) >= 11 is 0. The molecule has 0 aromatic heterocycles. The highest BCUT2D eigenvalue weighted by Gasteiger charge is 2.20. The SMILES string of the molecule is Cc1cc(-c2ccc(NCC(O)S(=O)(=O)O)c(C)c2)ccc1NCC(O)S(=O)(=O)O. The van der Waals surface area contributed by atoms with Crippen molar-refractivity contribution in [3.8, 4) is 11.1 Å². The van der Waals surface area contributed by atoms with Crippen LogP contribution in [0.25, 0.3) is 11.1 Å². The van der Waals surface area contributed by atoms with E-state index in [2.05, 4.69) is 10.6 Å². The van der Waals surface area contributed by atoms with Gasteiger partial charge >= 0.3 is 0 Å². The first kappa shape index (κ1) is 24.1. The Kier molecular flexibility index (Phi) is 7.45. The third-order valence-corrected chi connectivity index (χ3v) is 6.12. The van der Waals surface area contributed by atoms with E-state index in [0.717, 1.165) is 22.3 Å². The molecule has 0 heterocycles. The molecule has 0 aliphatic heterocycles. The number of hydrogen-bond acceptors (Lipinski definition) is 8. The fraction of sp³-hybridized carbons (Fsp3) is 0.333.